The third-order valence-corrected chi connectivity index (χ3v) is 7.90. The Morgan fingerprint density at radius 2 is 1.84 bits per heavy atom. The molecule has 2 heterocycles. The average molecular weight is 471 g/mol. The number of rotatable bonds is 6. The molecule has 2 aromatic carbocycles. The van der Waals surface area contributed by atoms with Crippen molar-refractivity contribution in [2.45, 2.75) is 31.1 Å². The Morgan fingerprint density at radius 1 is 1.12 bits per heavy atom. The van der Waals surface area contributed by atoms with Gasteiger partial charge in [-0.25, -0.2) is 8.42 Å². The minimum absolute atomic E-state index is 0.00859. The van der Waals surface area contributed by atoms with Crippen LogP contribution < -0.4 is 10.2 Å². The zero-order chi connectivity index (χ0) is 22.9. The molecule has 0 aliphatic carbocycles. The van der Waals surface area contributed by atoms with Gasteiger partial charge in [0.05, 0.1) is 4.90 Å². The van der Waals surface area contributed by atoms with Crippen molar-refractivity contribution in [3.05, 3.63) is 64.7 Å². The average Bonchev–Trinajstić information content (AvgIpc) is 3.35. The summed E-state index contributed by atoms with van der Waals surface area (Å²) in [7, 11) is -3.76. The predicted octanol–water partition coefficient (Wildman–Crippen LogP) is 3.09. The molecule has 10 heteroatoms. The minimum atomic E-state index is -3.76. The Morgan fingerprint density at radius 3 is 2.56 bits per heavy atom. The van der Waals surface area contributed by atoms with Crippen LogP contribution in [0.4, 0.5) is 10.8 Å². The Bertz CT molecular complexity index is 1270. The summed E-state index contributed by atoms with van der Waals surface area (Å²) in [5.74, 6) is -1.50. The predicted molar refractivity (Wildman–Crippen MR) is 123 cm³/mol. The summed E-state index contributed by atoms with van der Waals surface area (Å²) >= 11 is 1.16. The number of para-hydroxylation sites is 1. The van der Waals surface area contributed by atoms with E-state index in [-0.39, 0.29) is 21.9 Å². The van der Waals surface area contributed by atoms with E-state index < -0.39 is 21.5 Å². The molecule has 2 amide bonds. The topological polar surface area (TPSA) is 109 Å². The van der Waals surface area contributed by atoms with Gasteiger partial charge in [-0.3, -0.25) is 14.9 Å². The van der Waals surface area contributed by atoms with Gasteiger partial charge in [0.2, 0.25) is 16.9 Å². The highest BCUT2D eigenvalue weighted by atomic mass is 32.2. The SMILES string of the molecule is Cc1ccc(S(=O)(=O)CC(=O)Nc2nnc(C3CC(=O)N(c4ccccc4C)C3)s2)cc1. The fourth-order valence-electron chi connectivity index (χ4n) is 3.58. The molecular formula is C22H22N4O4S2. The number of amides is 2. The number of nitrogens with zero attached hydrogens (tertiary/aromatic N) is 3. The maximum Gasteiger partial charge on any atom is 0.241 e. The van der Waals surface area contributed by atoms with Gasteiger partial charge < -0.3 is 4.90 Å². The van der Waals surface area contributed by atoms with Gasteiger partial charge in [0, 0.05) is 24.6 Å². The van der Waals surface area contributed by atoms with Crippen molar-refractivity contribution in [2.75, 3.05) is 22.5 Å². The maximum atomic E-state index is 12.6. The summed E-state index contributed by atoms with van der Waals surface area (Å²) in [6.45, 7) is 4.29. The van der Waals surface area contributed by atoms with Crippen LogP contribution in [-0.2, 0) is 19.4 Å². The Hall–Kier alpha value is -3.11. The summed E-state index contributed by atoms with van der Waals surface area (Å²) in [6.07, 6.45) is 0.304. The molecule has 0 radical (unpaired) electrons. The highest BCUT2D eigenvalue weighted by molar-refractivity contribution is 7.92. The molecule has 1 aliphatic rings. The van der Waals surface area contributed by atoms with Gasteiger partial charge in [-0.2, -0.15) is 0 Å². The van der Waals surface area contributed by atoms with Crippen LogP contribution in [0.2, 0.25) is 0 Å². The lowest BCUT2D eigenvalue weighted by Gasteiger charge is -2.18. The molecule has 32 heavy (non-hydrogen) atoms. The van der Waals surface area contributed by atoms with E-state index in [2.05, 4.69) is 15.5 Å². The maximum absolute atomic E-state index is 12.6. The number of sulfone groups is 1. The van der Waals surface area contributed by atoms with Crippen LogP contribution in [0, 0.1) is 13.8 Å². The summed E-state index contributed by atoms with van der Waals surface area (Å²) in [5, 5.41) is 11.5. The van der Waals surface area contributed by atoms with E-state index in [0.717, 1.165) is 28.2 Å². The second kappa shape index (κ2) is 8.79. The molecule has 1 N–H and O–H groups in total. The van der Waals surface area contributed by atoms with E-state index >= 15 is 0 Å². The Kier molecular flexibility index (Phi) is 6.07. The molecule has 1 aromatic heterocycles. The Labute approximate surface area is 190 Å². The summed E-state index contributed by atoms with van der Waals surface area (Å²) < 4.78 is 24.9. The van der Waals surface area contributed by atoms with Gasteiger partial charge in [0.1, 0.15) is 10.8 Å². The zero-order valence-electron chi connectivity index (χ0n) is 17.6. The van der Waals surface area contributed by atoms with Crippen LogP contribution in [0.3, 0.4) is 0 Å². The van der Waals surface area contributed by atoms with E-state index in [1.165, 1.54) is 12.1 Å². The van der Waals surface area contributed by atoms with Crippen molar-refractivity contribution >= 4 is 43.8 Å². The number of aromatic nitrogens is 2. The minimum Gasteiger partial charge on any atom is -0.311 e. The molecule has 0 spiro atoms. The van der Waals surface area contributed by atoms with E-state index in [4.69, 9.17) is 0 Å². The first-order valence-electron chi connectivity index (χ1n) is 10.0. The number of anilines is 2. The van der Waals surface area contributed by atoms with Crippen LogP contribution in [0.1, 0.15) is 28.5 Å². The van der Waals surface area contributed by atoms with Gasteiger partial charge in [-0.05, 0) is 37.6 Å². The van der Waals surface area contributed by atoms with Gasteiger partial charge in [0.15, 0.2) is 9.84 Å². The number of aryl methyl sites for hydroxylation is 2. The largest absolute Gasteiger partial charge is 0.311 e. The first kappa shape index (κ1) is 22.1. The molecule has 4 rings (SSSR count). The first-order chi connectivity index (χ1) is 15.2. The van der Waals surface area contributed by atoms with Crippen LogP contribution in [0.5, 0.6) is 0 Å². The molecule has 1 saturated heterocycles. The lowest BCUT2D eigenvalue weighted by Crippen LogP contribution is -2.25. The highest BCUT2D eigenvalue weighted by Crippen LogP contribution is 2.35. The molecule has 3 aromatic rings. The third kappa shape index (κ3) is 4.71. The second-order valence-corrected chi connectivity index (χ2v) is 10.8. The fourth-order valence-corrected chi connectivity index (χ4v) is 5.56. The molecule has 8 nitrogen and oxygen atoms in total. The van der Waals surface area contributed by atoms with Crippen LogP contribution in [0.15, 0.2) is 53.4 Å². The quantitative estimate of drug-likeness (QED) is 0.593. The molecule has 166 valence electrons. The number of carbonyl (C=O) groups excluding carboxylic acids is 2. The number of hydrogen-bond acceptors (Lipinski definition) is 7. The molecule has 1 fully saturated rings. The third-order valence-electron chi connectivity index (χ3n) is 5.27. The van der Waals surface area contributed by atoms with Crippen molar-refractivity contribution < 1.29 is 18.0 Å². The highest BCUT2D eigenvalue weighted by Gasteiger charge is 2.34. The molecular weight excluding hydrogens is 448 g/mol. The standard InChI is InChI=1S/C22H22N4O4S2/c1-14-7-9-17(10-8-14)32(29,30)13-19(27)23-22-25-24-21(31-22)16-11-20(28)26(12-16)18-6-4-3-5-15(18)2/h3-10,16H,11-13H2,1-2H3,(H,23,25,27). The molecule has 1 atom stereocenters. The van der Waals surface area contributed by atoms with Crippen LogP contribution in [-0.4, -0.2) is 42.7 Å². The number of nitrogens with one attached hydrogen (secondary N) is 1. The van der Waals surface area contributed by atoms with Gasteiger partial charge in [-0.1, -0.05) is 47.2 Å². The van der Waals surface area contributed by atoms with E-state index in [9.17, 15) is 18.0 Å². The normalized spacial score (nSPS) is 16.4. The van der Waals surface area contributed by atoms with Crippen molar-refractivity contribution in [3.63, 3.8) is 0 Å². The van der Waals surface area contributed by atoms with Crippen LogP contribution in [0.25, 0.3) is 0 Å². The Balaban J connectivity index is 1.41. The van der Waals surface area contributed by atoms with Crippen molar-refractivity contribution in [3.8, 4) is 0 Å². The summed E-state index contributed by atoms with van der Waals surface area (Å²) in [5.41, 5.74) is 2.82. The van der Waals surface area contributed by atoms with E-state index in [1.807, 2.05) is 38.1 Å². The number of hydrogen-bond donors (Lipinski definition) is 1. The summed E-state index contributed by atoms with van der Waals surface area (Å²) in [4.78, 5) is 26.7. The second-order valence-electron chi connectivity index (χ2n) is 7.76. The molecule has 1 unspecified atom stereocenters. The molecule has 0 bridgehead atoms. The summed E-state index contributed by atoms with van der Waals surface area (Å²) in [6, 6.07) is 14.0. The van der Waals surface area contributed by atoms with Crippen LogP contribution >= 0.6 is 11.3 Å². The van der Waals surface area contributed by atoms with Gasteiger partial charge in [-0.15, -0.1) is 10.2 Å². The molecule has 0 saturated carbocycles. The lowest BCUT2D eigenvalue weighted by atomic mass is 10.1. The molecule has 1 aliphatic heterocycles. The van der Waals surface area contributed by atoms with Gasteiger partial charge >= 0.3 is 0 Å². The van der Waals surface area contributed by atoms with E-state index in [0.29, 0.717) is 18.0 Å². The van der Waals surface area contributed by atoms with Crippen molar-refractivity contribution in [2.24, 2.45) is 0 Å². The fraction of sp³-hybridized carbons (Fsp3) is 0.273. The number of carbonyl (C=O) groups is 2. The van der Waals surface area contributed by atoms with Crippen molar-refractivity contribution in [1.82, 2.24) is 10.2 Å². The number of benzene rings is 2. The lowest BCUT2D eigenvalue weighted by molar-refractivity contribution is -0.117. The van der Waals surface area contributed by atoms with Crippen molar-refractivity contribution in [1.29, 1.82) is 0 Å². The van der Waals surface area contributed by atoms with Gasteiger partial charge in [0.25, 0.3) is 0 Å². The smallest absolute Gasteiger partial charge is 0.241 e. The first-order valence-corrected chi connectivity index (χ1v) is 12.5. The van der Waals surface area contributed by atoms with E-state index in [1.54, 1.807) is 17.0 Å². The monoisotopic (exact) mass is 470 g/mol. The zero-order valence-corrected chi connectivity index (χ0v) is 19.2.